The van der Waals surface area contributed by atoms with Gasteiger partial charge in [-0.1, -0.05) is 58.3 Å². The molecule has 3 nitrogen and oxygen atoms in total. The zero-order valence-electron chi connectivity index (χ0n) is 9.83. The molecule has 15 heavy (non-hydrogen) atoms. The summed E-state index contributed by atoms with van der Waals surface area (Å²) in [7, 11) is -2.69. The third-order valence-corrected chi connectivity index (χ3v) is 2.92. The molecule has 1 N–H and O–H groups in total. The van der Waals surface area contributed by atoms with Crippen molar-refractivity contribution >= 4 is 8.25 Å². The molecular weight excluding hydrogens is 211 g/mol. The molecule has 0 aliphatic carbocycles. The summed E-state index contributed by atoms with van der Waals surface area (Å²) in [5.74, 6) is 0. The lowest BCUT2D eigenvalue weighted by Crippen LogP contribution is -1.87. The summed E-state index contributed by atoms with van der Waals surface area (Å²) in [5, 5.41) is 0. The summed E-state index contributed by atoms with van der Waals surface area (Å²) in [6, 6.07) is 0. The summed E-state index contributed by atoms with van der Waals surface area (Å²) < 4.78 is 14.8. The minimum Gasteiger partial charge on any atom is -0.326 e. The Kier molecular flexibility index (Phi) is 12.3. The monoisotopic (exact) mass is 236 g/mol. The van der Waals surface area contributed by atoms with Gasteiger partial charge in [0.25, 0.3) is 0 Å². The number of rotatable bonds is 11. The van der Waals surface area contributed by atoms with Gasteiger partial charge in [-0.05, 0) is 6.42 Å². The molecule has 0 saturated carbocycles. The number of unbranched alkanes of at least 4 members (excludes halogenated alkanes) is 8. The molecule has 0 spiro atoms. The predicted octanol–water partition coefficient (Wildman–Crippen LogP) is 3.92. The van der Waals surface area contributed by atoms with E-state index in [9.17, 15) is 4.57 Å². The second kappa shape index (κ2) is 12.2. The first-order valence-electron chi connectivity index (χ1n) is 6.13. The van der Waals surface area contributed by atoms with Crippen molar-refractivity contribution in [3.63, 3.8) is 0 Å². The molecule has 92 valence electrons. The van der Waals surface area contributed by atoms with E-state index in [0.717, 1.165) is 12.8 Å². The van der Waals surface area contributed by atoms with Gasteiger partial charge in [-0.25, -0.2) is 0 Å². The number of hydrogen-bond acceptors (Lipinski definition) is 2. The van der Waals surface area contributed by atoms with Crippen LogP contribution in [0.1, 0.15) is 64.7 Å². The first kappa shape index (κ1) is 15.2. The summed E-state index contributed by atoms with van der Waals surface area (Å²) in [6.07, 6.45) is 11.3. The predicted molar refractivity (Wildman–Crippen MR) is 64.4 cm³/mol. The maximum Gasteiger partial charge on any atom is 0.316 e. The first-order valence-corrected chi connectivity index (χ1v) is 7.39. The Labute approximate surface area is 94.2 Å². The highest BCUT2D eigenvalue weighted by Crippen LogP contribution is 2.15. The van der Waals surface area contributed by atoms with Gasteiger partial charge in [-0.3, -0.25) is 4.57 Å². The van der Waals surface area contributed by atoms with Gasteiger partial charge < -0.3 is 9.42 Å². The van der Waals surface area contributed by atoms with Crippen molar-refractivity contribution in [1.29, 1.82) is 0 Å². The van der Waals surface area contributed by atoms with Crippen molar-refractivity contribution in [3.8, 4) is 0 Å². The number of hydrogen-bond donors (Lipinski definition) is 1. The van der Waals surface area contributed by atoms with Crippen LogP contribution in [0.25, 0.3) is 0 Å². The van der Waals surface area contributed by atoms with E-state index in [4.69, 9.17) is 4.89 Å². The molecule has 0 bridgehead atoms. The van der Waals surface area contributed by atoms with Crippen molar-refractivity contribution < 1.29 is 14.0 Å². The van der Waals surface area contributed by atoms with E-state index in [-0.39, 0.29) is 0 Å². The lowest BCUT2D eigenvalue weighted by molar-refractivity contribution is 0.273. The lowest BCUT2D eigenvalue weighted by Gasteiger charge is -2.01. The van der Waals surface area contributed by atoms with Crippen LogP contribution in [0.3, 0.4) is 0 Å². The van der Waals surface area contributed by atoms with Crippen LogP contribution in [-0.2, 0) is 9.09 Å². The van der Waals surface area contributed by atoms with Crippen LogP contribution in [-0.4, -0.2) is 11.5 Å². The first-order chi connectivity index (χ1) is 7.27. The molecule has 0 fully saturated rings. The summed E-state index contributed by atoms with van der Waals surface area (Å²) in [4.78, 5) is 8.40. The van der Waals surface area contributed by atoms with E-state index in [1.165, 1.54) is 44.9 Å². The van der Waals surface area contributed by atoms with Gasteiger partial charge in [0, 0.05) is 0 Å². The van der Waals surface area contributed by atoms with Crippen LogP contribution in [0.2, 0.25) is 0 Å². The molecule has 0 aromatic carbocycles. The van der Waals surface area contributed by atoms with Crippen LogP contribution in [0.5, 0.6) is 0 Å². The Balaban J connectivity index is 2.89. The summed E-state index contributed by atoms with van der Waals surface area (Å²) in [6.45, 7) is 2.66. The van der Waals surface area contributed by atoms with Gasteiger partial charge in [-0.2, -0.15) is 0 Å². The van der Waals surface area contributed by atoms with Gasteiger partial charge in [0.05, 0.1) is 6.61 Å². The molecule has 1 atom stereocenters. The maximum absolute atomic E-state index is 10.2. The second-order valence-corrected chi connectivity index (χ2v) is 4.76. The van der Waals surface area contributed by atoms with Gasteiger partial charge in [0.15, 0.2) is 0 Å². The van der Waals surface area contributed by atoms with Crippen molar-refractivity contribution in [2.75, 3.05) is 6.61 Å². The average molecular weight is 236 g/mol. The van der Waals surface area contributed by atoms with E-state index >= 15 is 0 Å². The van der Waals surface area contributed by atoms with Crippen LogP contribution in [0, 0.1) is 0 Å². The zero-order chi connectivity index (χ0) is 11.4. The molecule has 1 unspecified atom stereocenters. The molecule has 0 amide bonds. The van der Waals surface area contributed by atoms with Crippen molar-refractivity contribution in [3.05, 3.63) is 0 Å². The van der Waals surface area contributed by atoms with E-state index in [1.54, 1.807) is 0 Å². The second-order valence-electron chi connectivity index (χ2n) is 3.94. The van der Waals surface area contributed by atoms with Gasteiger partial charge >= 0.3 is 8.25 Å². The fourth-order valence-corrected chi connectivity index (χ4v) is 1.89. The zero-order valence-corrected chi connectivity index (χ0v) is 10.8. The fraction of sp³-hybridized carbons (Fsp3) is 1.00. The standard InChI is InChI=1S/C11H25O3P/c1-2-3-4-5-6-7-8-9-10-11-14-15(12)13/h15H,2-11H2,1H3,(H,12,13). The SMILES string of the molecule is CCCCCCCCCCCO[PH](=O)O. The highest BCUT2D eigenvalue weighted by Gasteiger charge is 1.94. The molecule has 0 radical (unpaired) electrons. The Morgan fingerprint density at radius 3 is 1.87 bits per heavy atom. The normalized spacial score (nSPS) is 12.9. The van der Waals surface area contributed by atoms with Gasteiger partial charge in [0.2, 0.25) is 0 Å². The van der Waals surface area contributed by atoms with E-state index in [1.807, 2.05) is 0 Å². The minimum absolute atomic E-state index is 0.435. The van der Waals surface area contributed by atoms with E-state index < -0.39 is 8.25 Å². The van der Waals surface area contributed by atoms with Crippen LogP contribution >= 0.6 is 8.25 Å². The Hall–Kier alpha value is 0.150. The molecule has 0 rings (SSSR count). The fourth-order valence-electron chi connectivity index (χ4n) is 1.57. The maximum atomic E-state index is 10.2. The van der Waals surface area contributed by atoms with Crippen molar-refractivity contribution in [2.45, 2.75) is 64.7 Å². The topological polar surface area (TPSA) is 46.5 Å². The van der Waals surface area contributed by atoms with Crippen molar-refractivity contribution in [1.82, 2.24) is 0 Å². The smallest absolute Gasteiger partial charge is 0.316 e. The molecule has 0 aliphatic rings. The van der Waals surface area contributed by atoms with E-state index in [0.29, 0.717) is 6.61 Å². The van der Waals surface area contributed by atoms with Crippen LogP contribution in [0.15, 0.2) is 0 Å². The summed E-state index contributed by atoms with van der Waals surface area (Å²) >= 11 is 0. The summed E-state index contributed by atoms with van der Waals surface area (Å²) in [5.41, 5.74) is 0. The molecule has 0 aromatic heterocycles. The average Bonchev–Trinajstić information content (AvgIpc) is 2.20. The third-order valence-electron chi connectivity index (χ3n) is 2.47. The Morgan fingerprint density at radius 1 is 0.933 bits per heavy atom. The molecular formula is C11H25O3P. The Bertz CT molecular complexity index is 151. The minimum atomic E-state index is -2.69. The highest BCUT2D eigenvalue weighted by atomic mass is 31.1. The highest BCUT2D eigenvalue weighted by molar-refractivity contribution is 7.32. The van der Waals surface area contributed by atoms with Crippen LogP contribution in [0.4, 0.5) is 0 Å². The lowest BCUT2D eigenvalue weighted by atomic mass is 10.1. The molecule has 4 heteroatoms. The van der Waals surface area contributed by atoms with Crippen LogP contribution < -0.4 is 0 Å². The molecule has 0 aromatic rings. The Morgan fingerprint density at radius 2 is 1.40 bits per heavy atom. The molecule has 0 saturated heterocycles. The third kappa shape index (κ3) is 14.2. The van der Waals surface area contributed by atoms with Gasteiger partial charge in [0.1, 0.15) is 0 Å². The van der Waals surface area contributed by atoms with Gasteiger partial charge in [-0.15, -0.1) is 0 Å². The van der Waals surface area contributed by atoms with Crippen molar-refractivity contribution in [2.24, 2.45) is 0 Å². The molecule has 0 aliphatic heterocycles. The largest absolute Gasteiger partial charge is 0.326 e. The molecule has 0 heterocycles. The van der Waals surface area contributed by atoms with E-state index in [2.05, 4.69) is 11.4 Å². The quantitative estimate of drug-likeness (QED) is 0.437.